The first-order valence-corrected chi connectivity index (χ1v) is 8.89. The molecule has 25 heavy (non-hydrogen) atoms. The van der Waals surface area contributed by atoms with Crippen molar-refractivity contribution < 1.29 is 23.8 Å². The number of carboxylic acid groups (broad SMARTS) is 1. The molecule has 0 aromatic heterocycles. The van der Waals surface area contributed by atoms with Gasteiger partial charge in [-0.3, -0.25) is 9.59 Å². The minimum Gasteiger partial charge on any atom is -0.481 e. The third-order valence-corrected chi connectivity index (χ3v) is 5.52. The van der Waals surface area contributed by atoms with E-state index in [-0.39, 0.29) is 29.4 Å². The predicted molar refractivity (Wildman–Crippen MR) is 89.9 cm³/mol. The van der Waals surface area contributed by atoms with Gasteiger partial charge in [0.2, 0.25) is 5.91 Å². The molecule has 2 fully saturated rings. The van der Waals surface area contributed by atoms with Crippen molar-refractivity contribution in [2.75, 3.05) is 19.7 Å². The highest BCUT2D eigenvalue weighted by molar-refractivity contribution is 6.31. The number of halogens is 2. The van der Waals surface area contributed by atoms with Gasteiger partial charge in [0.05, 0.1) is 18.4 Å². The van der Waals surface area contributed by atoms with Crippen LogP contribution >= 0.6 is 11.6 Å². The molecule has 3 rings (SSSR count). The molecular formula is C18H21ClFNO4. The molecule has 2 saturated heterocycles. The molecule has 2 atom stereocenters. The van der Waals surface area contributed by atoms with Crippen LogP contribution < -0.4 is 0 Å². The van der Waals surface area contributed by atoms with Gasteiger partial charge in [-0.25, -0.2) is 4.39 Å². The van der Waals surface area contributed by atoms with Gasteiger partial charge in [-0.2, -0.15) is 0 Å². The van der Waals surface area contributed by atoms with E-state index in [0.29, 0.717) is 31.7 Å². The van der Waals surface area contributed by atoms with Gasteiger partial charge in [0.1, 0.15) is 5.82 Å². The molecule has 1 amide bonds. The first kappa shape index (κ1) is 18.1. The second-order valence-corrected chi connectivity index (χ2v) is 7.11. The average molecular weight is 370 g/mol. The number of hydrogen-bond acceptors (Lipinski definition) is 3. The Morgan fingerprint density at radius 1 is 1.28 bits per heavy atom. The molecule has 0 aliphatic carbocycles. The number of nitrogens with zero attached hydrogens (tertiary/aromatic N) is 1. The van der Waals surface area contributed by atoms with Crippen molar-refractivity contribution in [1.29, 1.82) is 0 Å². The average Bonchev–Trinajstić information content (AvgIpc) is 3.07. The normalized spacial score (nSPS) is 24.5. The lowest BCUT2D eigenvalue weighted by Crippen LogP contribution is -2.43. The number of carbonyl (C=O) groups is 2. The van der Waals surface area contributed by atoms with Crippen LogP contribution in [0, 0.1) is 17.7 Å². The second kappa shape index (κ2) is 7.70. The Labute approximate surface area is 150 Å². The van der Waals surface area contributed by atoms with E-state index in [2.05, 4.69) is 0 Å². The lowest BCUT2D eigenvalue weighted by molar-refractivity contribution is -0.145. The summed E-state index contributed by atoms with van der Waals surface area (Å²) in [5, 5.41) is 9.54. The van der Waals surface area contributed by atoms with Crippen LogP contribution in [0.3, 0.4) is 0 Å². The minimum absolute atomic E-state index is 0.0471. The summed E-state index contributed by atoms with van der Waals surface area (Å²) >= 11 is 5.98. The molecule has 5 nitrogen and oxygen atoms in total. The Morgan fingerprint density at radius 3 is 2.64 bits per heavy atom. The Morgan fingerprint density at radius 2 is 2.00 bits per heavy atom. The molecule has 1 aromatic carbocycles. The molecule has 0 saturated carbocycles. The second-order valence-electron chi connectivity index (χ2n) is 6.70. The number of amides is 1. The Kier molecular flexibility index (Phi) is 5.59. The SMILES string of the molecule is O=C(O)C1CCO[C@H]1C1CCN(C(=O)Cc2ccc(F)cc2Cl)CC1. The molecule has 0 spiro atoms. The van der Waals surface area contributed by atoms with Crippen molar-refractivity contribution in [3.05, 3.63) is 34.6 Å². The van der Waals surface area contributed by atoms with Crippen molar-refractivity contribution in [1.82, 2.24) is 4.90 Å². The molecule has 2 aliphatic heterocycles. The van der Waals surface area contributed by atoms with Crippen LogP contribution in [0.2, 0.25) is 5.02 Å². The van der Waals surface area contributed by atoms with E-state index < -0.39 is 17.7 Å². The third-order valence-electron chi connectivity index (χ3n) is 5.17. The summed E-state index contributed by atoms with van der Waals surface area (Å²) in [5.74, 6) is -1.54. The third kappa shape index (κ3) is 4.12. The fourth-order valence-corrected chi connectivity index (χ4v) is 3.99. The predicted octanol–water partition coefficient (Wildman–Crippen LogP) is 2.75. The fraction of sp³-hybridized carbons (Fsp3) is 0.556. The summed E-state index contributed by atoms with van der Waals surface area (Å²) in [4.78, 5) is 25.5. The van der Waals surface area contributed by atoms with Crippen LogP contribution in [0.4, 0.5) is 4.39 Å². The van der Waals surface area contributed by atoms with Crippen molar-refractivity contribution in [2.24, 2.45) is 11.8 Å². The van der Waals surface area contributed by atoms with Crippen molar-refractivity contribution in [3.8, 4) is 0 Å². The summed E-state index contributed by atoms with van der Waals surface area (Å²) in [5.41, 5.74) is 0.611. The van der Waals surface area contributed by atoms with Gasteiger partial charge < -0.3 is 14.7 Å². The van der Waals surface area contributed by atoms with Gasteiger partial charge in [-0.15, -0.1) is 0 Å². The smallest absolute Gasteiger partial charge is 0.309 e. The molecule has 2 aliphatic rings. The summed E-state index contributed by atoms with van der Waals surface area (Å²) in [6.45, 7) is 1.65. The van der Waals surface area contributed by atoms with Gasteiger partial charge >= 0.3 is 5.97 Å². The molecular weight excluding hydrogens is 349 g/mol. The number of hydrogen-bond donors (Lipinski definition) is 1. The van der Waals surface area contributed by atoms with Crippen LogP contribution in [0.25, 0.3) is 0 Å². The number of rotatable bonds is 4. The van der Waals surface area contributed by atoms with Gasteiger partial charge in [-0.05, 0) is 42.9 Å². The molecule has 1 aromatic rings. The molecule has 2 heterocycles. The number of piperidine rings is 1. The van der Waals surface area contributed by atoms with E-state index in [1.807, 2.05) is 0 Å². The zero-order valence-electron chi connectivity index (χ0n) is 13.8. The van der Waals surface area contributed by atoms with Crippen LogP contribution in [0.5, 0.6) is 0 Å². The van der Waals surface area contributed by atoms with Crippen molar-refractivity contribution >= 4 is 23.5 Å². The van der Waals surface area contributed by atoms with E-state index in [1.54, 1.807) is 4.90 Å². The van der Waals surface area contributed by atoms with E-state index in [4.69, 9.17) is 16.3 Å². The van der Waals surface area contributed by atoms with Crippen molar-refractivity contribution in [3.63, 3.8) is 0 Å². The maximum Gasteiger partial charge on any atom is 0.309 e. The van der Waals surface area contributed by atoms with E-state index in [9.17, 15) is 19.1 Å². The summed E-state index contributed by atoms with van der Waals surface area (Å²) < 4.78 is 18.7. The van der Waals surface area contributed by atoms with Gasteiger partial charge in [0.15, 0.2) is 0 Å². The molecule has 0 bridgehead atoms. The highest BCUT2D eigenvalue weighted by atomic mass is 35.5. The largest absolute Gasteiger partial charge is 0.481 e. The molecule has 1 N–H and O–H groups in total. The lowest BCUT2D eigenvalue weighted by atomic mass is 9.84. The minimum atomic E-state index is -0.799. The Bertz CT molecular complexity index is 660. The highest BCUT2D eigenvalue weighted by Crippen LogP contribution is 2.33. The Hall–Kier alpha value is -1.66. The van der Waals surface area contributed by atoms with Crippen molar-refractivity contribution in [2.45, 2.75) is 31.8 Å². The number of benzene rings is 1. The quantitative estimate of drug-likeness (QED) is 0.886. The first-order valence-electron chi connectivity index (χ1n) is 8.52. The summed E-state index contributed by atoms with van der Waals surface area (Å²) in [7, 11) is 0. The summed E-state index contributed by atoms with van der Waals surface area (Å²) in [6, 6.07) is 4.04. The van der Waals surface area contributed by atoms with Crippen LogP contribution in [-0.2, 0) is 20.7 Å². The first-order chi connectivity index (χ1) is 12.0. The number of likely N-dealkylation sites (tertiary alicyclic amines) is 1. The summed E-state index contributed by atoms with van der Waals surface area (Å²) in [6.07, 6.45) is 1.92. The highest BCUT2D eigenvalue weighted by Gasteiger charge is 2.40. The maximum atomic E-state index is 13.1. The molecule has 7 heteroatoms. The topological polar surface area (TPSA) is 66.8 Å². The zero-order chi connectivity index (χ0) is 18.0. The molecule has 136 valence electrons. The van der Waals surface area contributed by atoms with Crippen LogP contribution in [0.15, 0.2) is 18.2 Å². The van der Waals surface area contributed by atoms with Gasteiger partial charge in [-0.1, -0.05) is 17.7 Å². The van der Waals surface area contributed by atoms with Gasteiger partial charge in [0.25, 0.3) is 0 Å². The zero-order valence-corrected chi connectivity index (χ0v) is 14.5. The van der Waals surface area contributed by atoms with E-state index >= 15 is 0 Å². The lowest BCUT2D eigenvalue weighted by Gasteiger charge is -2.35. The van der Waals surface area contributed by atoms with E-state index in [0.717, 1.165) is 12.8 Å². The number of aliphatic carboxylic acids is 1. The fourth-order valence-electron chi connectivity index (χ4n) is 3.76. The Balaban J connectivity index is 1.55. The van der Waals surface area contributed by atoms with E-state index in [1.165, 1.54) is 18.2 Å². The number of ether oxygens (including phenoxy) is 1. The standard InChI is InChI=1S/C18H21ClFNO4/c19-15-10-13(20)2-1-12(15)9-16(22)21-6-3-11(4-7-21)17-14(18(23)24)5-8-25-17/h1-2,10-11,14,17H,3-9H2,(H,23,24)/t14?,17-/m0/s1. The maximum absolute atomic E-state index is 13.1. The number of carbonyl (C=O) groups excluding carboxylic acids is 1. The molecule has 0 radical (unpaired) electrons. The van der Waals surface area contributed by atoms with Crippen LogP contribution in [0.1, 0.15) is 24.8 Å². The monoisotopic (exact) mass is 369 g/mol. The molecule has 1 unspecified atom stereocenters. The number of carboxylic acids is 1. The van der Waals surface area contributed by atoms with Crippen LogP contribution in [-0.4, -0.2) is 47.7 Å². The van der Waals surface area contributed by atoms with Gasteiger partial charge in [0, 0.05) is 24.7 Å².